The number of aliphatic imine (C=N–C) groups is 1. The minimum absolute atomic E-state index is 0.508. The van der Waals surface area contributed by atoms with Crippen molar-refractivity contribution in [3.05, 3.63) is 22.4 Å². The first-order valence-corrected chi connectivity index (χ1v) is 11.1. The third kappa shape index (κ3) is 7.41. The first-order chi connectivity index (χ1) is 13.3. The summed E-state index contributed by atoms with van der Waals surface area (Å²) in [5.74, 6) is 1.51. The number of hydrogen-bond acceptors (Lipinski definition) is 5. The SMILES string of the molecule is CN=C(NCCCOCC1CCOC1)NC1CCN(Cc2ccsc2)CC1. The smallest absolute Gasteiger partial charge is 0.191 e. The Morgan fingerprint density at radius 1 is 1.37 bits per heavy atom. The lowest BCUT2D eigenvalue weighted by Gasteiger charge is -2.32. The van der Waals surface area contributed by atoms with E-state index in [9.17, 15) is 0 Å². The number of likely N-dealkylation sites (tertiary alicyclic amines) is 1. The van der Waals surface area contributed by atoms with Crippen LogP contribution in [0.2, 0.25) is 0 Å². The van der Waals surface area contributed by atoms with Crippen LogP contribution in [0.3, 0.4) is 0 Å². The number of rotatable bonds is 9. The normalized spacial score (nSPS) is 22.3. The zero-order chi connectivity index (χ0) is 18.7. The Morgan fingerprint density at radius 2 is 2.26 bits per heavy atom. The Morgan fingerprint density at radius 3 is 2.96 bits per heavy atom. The second kappa shape index (κ2) is 11.6. The van der Waals surface area contributed by atoms with E-state index in [1.807, 2.05) is 7.05 Å². The molecule has 2 N–H and O–H groups in total. The standard InChI is InChI=1S/C20H34N4O2S/c1-21-20(22-7-2-10-25-14-18-5-11-26-15-18)23-19-3-8-24(9-4-19)13-17-6-12-27-16-17/h6,12,16,18-19H,2-5,7-11,13-15H2,1H3,(H2,21,22,23). The summed E-state index contributed by atoms with van der Waals surface area (Å²) in [6.45, 7) is 7.63. The molecule has 0 spiro atoms. The monoisotopic (exact) mass is 394 g/mol. The molecule has 27 heavy (non-hydrogen) atoms. The maximum absolute atomic E-state index is 5.75. The second-order valence-electron chi connectivity index (χ2n) is 7.48. The van der Waals surface area contributed by atoms with E-state index in [-0.39, 0.29) is 0 Å². The molecule has 7 heteroatoms. The molecule has 1 aromatic heterocycles. The fourth-order valence-corrected chi connectivity index (χ4v) is 4.27. The zero-order valence-electron chi connectivity index (χ0n) is 16.5. The molecule has 1 unspecified atom stereocenters. The van der Waals surface area contributed by atoms with Crippen LogP contribution in [0.4, 0.5) is 0 Å². The molecule has 0 amide bonds. The first kappa shape index (κ1) is 20.6. The van der Waals surface area contributed by atoms with Crippen molar-refractivity contribution in [3.8, 4) is 0 Å². The number of piperidine rings is 1. The summed E-state index contributed by atoms with van der Waals surface area (Å²) in [6.07, 6.45) is 4.46. The highest BCUT2D eigenvalue weighted by molar-refractivity contribution is 7.07. The Labute approximate surface area is 167 Å². The predicted molar refractivity (Wildman–Crippen MR) is 111 cm³/mol. The van der Waals surface area contributed by atoms with Crippen molar-refractivity contribution >= 4 is 17.3 Å². The van der Waals surface area contributed by atoms with Crippen LogP contribution in [0.25, 0.3) is 0 Å². The average Bonchev–Trinajstić information content (AvgIpc) is 3.39. The Balaban J connectivity index is 1.23. The van der Waals surface area contributed by atoms with Crippen molar-refractivity contribution in [2.24, 2.45) is 10.9 Å². The Bertz CT molecular complexity index is 538. The number of hydrogen-bond donors (Lipinski definition) is 2. The largest absolute Gasteiger partial charge is 0.381 e. The number of thiophene rings is 1. The minimum Gasteiger partial charge on any atom is -0.381 e. The van der Waals surface area contributed by atoms with Crippen LogP contribution in [-0.4, -0.2) is 70.0 Å². The van der Waals surface area contributed by atoms with Gasteiger partial charge < -0.3 is 20.1 Å². The van der Waals surface area contributed by atoms with E-state index >= 15 is 0 Å². The number of nitrogens with zero attached hydrogens (tertiary/aromatic N) is 2. The van der Waals surface area contributed by atoms with Crippen molar-refractivity contribution in [1.82, 2.24) is 15.5 Å². The van der Waals surface area contributed by atoms with Crippen molar-refractivity contribution in [2.75, 3.05) is 53.1 Å². The lowest BCUT2D eigenvalue weighted by atomic mass is 10.0. The number of guanidine groups is 1. The third-order valence-electron chi connectivity index (χ3n) is 5.27. The molecule has 1 aromatic rings. The molecule has 0 radical (unpaired) electrons. The molecule has 0 aromatic carbocycles. The van der Waals surface area contributed by atoms with Crippen LogP contribution >= 0.6 is 11.3 Å². The van der Waals surface area contributed by atoms with Crippen molar-refractivity contribution in [2.45, 2.75) is 38.3 Å². The van der Waals surface area contributed by atoms with Gasteiger partial charge in [0.05, 0.1) is 13.2 Å². The molecule has 0 bridgehead atoms. The summed E-state index contributed by atoms with van der Waals surface area (Å²) in [6, 6.07) is 2.74. The molecule has 2 aliphatic heterocycles. The maximum Gasteiger partial charge on any atom is 0.191 e. The van der Waals surface area contributed by atoms with Crippen LogP contribution in [0.5, 0.6) is 0 Å². The van der Waals surface area contributed by atoms with E-state index in [1.165, 1.54) is 5.56 Å². The summed E-state index contributed by atoms with van der Waals surface area (Å²) in [4.78, 5) is 6.91. The van der Waals surface area contributed by atoms with Gasteiger partial charge in [0, 0.05) is 58.4 Å². The van der Waals surface area contributed by atoms with E-state index in [0.717, 1.165) is 84.2 Å². The van der Waals surface area contributed by atoms with Gasteiger partial charge >= 0.3 is 0 Å². The van der Waals surface area contributed by atoms with Gasteiger partial charge in [-0.25, -0.2) is 0 Å². The van der Waals surface area contributed by atoms with Crippen LogP contribution in [-0.2, 0) is 16.0 Å². The molecule has 0 aliphatic carbocycles. The number of ether oxygens (including phenoxy) is 2. The van der Waals surface area contributed by atoms with Gasteiger partial charge in [-0.1, -0.05) is 0 Å². The van der Waals surface area contributed by atoms with E-state index in [1.54, 1.807) is 11.3 Å². The number of nitrogens with one attached hydrogen (secondary N) is 2. The molecule has 6 nitrogen and oxygen atoms in total. The summed E-state index contributed by atoms with van der Waals surface area (Å²) in [7, 11) is 1.84. The lowest BCUT2D eigenvalue weighted by molar-refractivity contribution is 0.0888. The molecule has 3 heterocycles. The fourth-order valence-electron chi connectivity index (χ4n) is 3.61. The average molecular weight is 395 g/mol. The Hall–Kier alpha value is -1.15. The van der Waals surface area contributed by atoms with Crippen LogP contribution in [0.1, 0.15) is 31.2 Å². The van der Waals surface area contributed by atoms with E-state index < -0.39 is 0 Å². The van der Waals surface area contributed by atoms with E-state index in [0.29, 0.717) is 12.0 Å². The lowest BCUT2D eigenvalue weighted by Crippen LogP contribution is -2.48. The quantitative estimate of drug-likeness (QED) is 0.382. The van der Waals surface area contributed by atoms with Crippen molar-refractivity contribution < 1.29 is 9.47 Å². The molecule has 152 valence electrons. The van der Waals surface area contributed by atoms with Gasteiger partial charge in [0.2, 0.25) is 0 Å². The fraction of sp³-hybridized carbons (Fsp3) is 0.750. The molecule has 0 saturated carbocycles. The van der Waals surface area contributed by atoms with Gasteiger partial charge in [-0.2, -0.15) is 11.3 Å². The summed E-state index contributed by atoms with van der Waals surface area (Å²) < 4.78 is 11.1. The van der Waals surface area contributed by atoms with Gasteiger partial charge in [-0.05, 0) is 48.1 Å². The zero-order valence-corrected chi connectivity index (χ0v) is 17.3. The molecule has 2 fully saturated rings. The third-order valence-corrected chi connectivity index (χ3v) is 6.01. The summed E-state index contributed by atoms with van der Waals surface area (Å²) in [5.41, 5.74) is 1.44. The van der Waals surface area contributed by atoms with Gasteiger partial charge in [0.25, 0.3) is 0 Å². The second-order valence-corrected chi connectivity index (χ2v) is 8.26. The first-order valence-electron chi connectivity index (χ1n) is 10.2. The molecular formula is C20H34N4O2S. The molecule has 2 aliphatic rings. The minimum atomic E-state index is 0.508. The van der Waals surface area contributed by atoms with Crippen LogP contribution in [0, 0.1) is 5.92 Å². The molecular weight excluding hydrogens is 360 g/mol. The van der Waals surface area contributed by atoms with E-state index in [2.05, 4.69) is 37.4 Å². The predicted octanol–water partition coefficient (Wildman–Crippen LogP) is 2.32. The highest BCUT2D eigenvalue weighted by Crippen LogP contribution is 2.15. The molecule has 2 saturated heterocycles. The van der Waals surface area contributed by atoms with Crippen LogP contribution in [0.15, 0.2) is 21.8 Å². The van der Waals surface area contributed by atoms with Crippen molar-refractivity contribution in [3.63, 3.8) is 0 Å². The Kier molecular flexibility index (Phi) is 8.87. The van der Waals surface area contributed by atoms with Gasteiger partial charge in [-0.15, -0.1) is 0 Å². The highest BCUT2D eigenvalue weighted by Gasteiger charge is 2.20. The van der Waals surface area contributed by atoms with Gasteiger partial charge in [0.1, 0.15) is 0 Å². The van der Waals surface area contributed by atoms with Gasteiger partial charge in [-0.3, -0.25) is 9.89 Å². The molecule has 1 atom stereocenters. The van der Waals surface area contributed by atoms with Crippen molar-refractivity contribution in [1.29, 1.82) is 0 Å². The topological polar surface area (TPSA) is 58.1 Å². The molecule has 3 rings (SSSR count). The van der Waals surface area contributed by atoms with Gasteiger partial charge in [0.15, 0.2) is 5.96 Å². The van der Waals surface area contributed by atoms with E-state index in [4.69, 9.17) is 9.47 Å². The summed E-state index contributed by atoms with van der Waals surface area (Å²) in [5, 5.41) is 11.4. The van der Waals surface area contributed by atoms with Crippen LogP contribution < -0.4 is 10.6 Å². The maximum atomic E-state index is 5.75. The summed E-state index contributed by atoms with van der Waals surface area (Å²) >= 11 is 1.78. The highest BCUT2D eigenvalue weighted by atomic mass is 32.1.